The van der Waals surface area contributed by atoms with Gasteiger partial charge in [-0.25, -0.2) is 4.68 Å². The van der Waals surface area contributed by atoms with E-state index in [2.05, 4.69) is 11.2 Å². The molecule has 3 N–H and O–H groups in total. The van der Waals surface area contributed by atoms with Gasteiger partial charge < -0.3 is 10.8 Å². The van der Waals surface area contributed by atoms with E-state index in [0.29, 0.717) is 11.3 Å². The fraction of sp³-hybridized carbons (Fsp3) is 0.111. The van der Waals surface area contributed by atoms with Crippen molar-refractivity contribution < 1.29 is 5.11 Å². The van der Waals surface area contributed by atoms with Crippen molar-refractivity contribution in [1.82, 2.24) is 9.78 Å². The SMILES string of the molecule is N#Cc1c(-c2ccccc2)nn(CC(O)c2ccccc2)c1N. The molecule has 5 nitrogen and oxygen atoms in total. The van der Waals surface area contributed by atoms with Gasteiger partial charge in [-0.2, -0.15) is 10.4 Å². The maximum absolute atomic E-state index is 10.3. The molecule has 3 aromatic rings. The number of hydrogen-bond acceptors (Lipinski definition) is 4. The van der Waals surface area contributed by atoms with E-state index >= 15 is 0 Å². The van der Waals surface area contributed by atoms with Gasteiger partial charge in [0.25, 0.3) is 0 Å². The Bertz CT molecular complexity index is 835. The number of aliphatic hydroxyl groups excluding tert-OH is 1. The van der Waals surface area contributed by atoms with Gasteiger partial charge in [-0.05, 0) is 5.56 Å². The van der Waals surface area contributed by atoms with Gasteiger partial charge in [0.15, 0.2) is 0 Å². The first-order valence-corrected chi connectivity index (χ1v) is 7.25. The molecule has 0 amide bonds. The molecule has 114 valence electrons. The molecule has 1 unspecified atom stereocenters. The molecule has 1 atom stereocenters. The first kappa shape index (κ1) is 14.8. The van der Waals surface area contributed by atoms with Crippen molar-refractivity contribution in [2.75, 3.05) is 5.73 Å². The topological polar surface area (TPSA) is 87.9 Å². The summed E-state index contributed by atoms with van der Waals surface area (Å²) in [5, 5.41) is 24.1. The summed E-state index contributed by atoms with van der Waals surface area (Å²) in [5.74, 6) is 0.265. The van der Waals surface area contributed by atoms with Gasteiger partial charge in [-0.3, -0.25) is 0 Å². The van der Waals surface area contributed by atoms with Crippen LogP contribution in [0.5, 0.6) is 0 Å². The van der Waals surface area contributed by atoms with E-state index in [1.807, 2.05) is 60.7 Å². The highest BCUT2D eigenvalue weighted by molar-refractivity contribution is 5.72. The summed E-state index contributed by atoms with van der Waals surface area (Å²) in [6.07, 6.45) is -0.742. The third-order valence-electron chi connectivity index (χ3n) is 3.68. The molecule has 2 aromatic carbocycles. The number of nitriles is 1. The lowest BCUT2D eigenvalue weighted by molar-refractivity contribution is 0.152. The third kappa shape index (κ3) is 2.93. The van der Waals surface area contributed by atoms with Crippen LogP contribution >= 0.6 is 0 Å². The lowest BCUT2D eigenvalue weighted by Gasteiger charge is -2.12. The van der Waals surface area contributed by atoms with Crippen LogP contribution in [0.15, 0.2) is 60.7 Å². The molecule has 0 aliphatic heterocycles. The van der Waals surface area contributed by atoms with Crippen LogP contribution in [0.2, 0.25) is 0 Å². The molecule has 0 saturated carbocycles. The average molecular weight is 304 g/mol. The number of aromatic nitrogens is 2. The Morgan fingerprint density at radius 3 is 2.30 bits per heavy atom. The summed E-state index contributed by atoms with van der Waals surface area (Å²) in [7, 11) is 0. The number of benzene rings is 2. The normalized spacial score (nSPS) is 11.8. The first-order chi connectivity index (χ1) is 11.2. The van der Waals surface area contributed by atoms with Crippen molar-refractivity contribution in [3.8, 4) is 17.3 Å². The number of hydrogen-bond donors (Lipinski definition) is 2. The molecule has 3 rings (SSSR count). The number of nitrogens with zero attached hydrogens (tertiary/aromatic N) is 3. The van der Waals surface area contributed by atoms with Crippen molar-refractivity contribution in [2.45, 2.75) is 12.6 Å². The zero-order valence-electron chi connectivity index (χ0n) is 12.4. The predicted octanol–water partition coefficient (Wildman–Crippen LogP) is 2.74. The summed E-state index contributed by atoms with van der Waals surface area (Å²) >= 11 is 0. The minimum atomic E-state index is -0.742. The van der Waals surface area contributed by atoms with Gasteiger partial charge in [0.1, 0.15) is 23.1 Å². The zero-order chi connectivity index (χ0) is 16.2. The average Bonchev–Trinajstić information content (AvgIpc) is 2.92. The first-order valence-electron chi connectivity index (χ1n) is 7.25. The number of aliphatic hydroxyl groups is 1. The smallest absolute Gasteiger partial charge is 0.140 e. The van der Waals surface area contributed by atoms with Crippen LogP contribution in [-0.2, 0) is 6.54 Å². The van der Waals surface area contributed by atoms with Crippen LogP contribution in [0.25, 0.3) is 11.3 Å². The fourth-order valence-corrected chi connectivity index (χ4v) is 2.47. The molecule has 0 saturated heterocycles. The van der Waals surface area contributed by atoms with E-state index in [0.717, 1.165) is 11.1 Å². The molecule has 1 heterocycles. The second-order valence-corrected chi connectivity index (χ2v) is 5.20. The highest BCUT2D eigenvalue weighted by atomic mass is 16.3. The van der Waals surface area contributed by atoms with Gasteiger partial charge in [0.2, 0.25) is 0 Å². The van der Waals surface area contributed by atoms with Crippen molar-refractivity contribution >= 4 is 5.82 Å². The lowest BCUT2D eigenvalue weighted by atomic mass is 10.1. The van der Waals surface area contributed by atoms with Crippen LogP contribution in [0.1, 0.15) is 17.2 Å². The number of anilines is 1. The predicted molar refractivity (Wildman–Crippen MR) is 88.2 cm³/mol. The van der Waals surface area contributed by atoms with Gasteiger partial charge in [0, 0.05) is 5.56 Å². The molecule has 23 heavy (non-hydrogen) atoms. The molecular formula is C18H16N4O. The molecule has 0 aliphatic carbocycles. The molecule has 0 fully saturated rings. The van der Waals surface area contributed by atoms with Crippen molar-refractivity contribution in [3.05, 3.63) is 71.8 Å². The molecule has 1 aromatic heterocycles. The maximum atomic E-state index is 10.3. The number of rotatable bonds is 4. The minimum absolute atomic E-state index is 0.192. The monoisotopic (exact) mass is 304 g/mol. The Morgan fingerprint density at radius 1 is 1.09 bits per heavy atom. The third-order valence-corrected chi connectivity index (χ3v) is 3.68. The van der Waals surface area contributed by atoms with Crippen molar-refractivity contribution in [2.24, 2.45) is 0 Å². The standard InChI is InChI=1S/C18H16N4O/c19-11-15-17(14-9-5-2-6-10-14)21-22(18(15)20)12-16(23)13-7-3-1-4-8-13/h1-10,16,23H,12,20H2. The van der Waals surface area contributed by atoms with Crippen molar-refractivity contribution in [3.63, 3.8) is 0 Å². The molecule has 0 spiro atoms. The van der Waals surface area contributed by atoms with Gasteiger partial charge >= 0.3 is 0 Å². The minimum Gasteiger partial charge on any atom is -0.386 e. The van der Waals surface area contributed by atoms with Crippen LogP contribution in [0.4, 0.5) is 5.82 Å². The fourth-order valence-electron chi connectivity index (χ4n) is 2.47. The second kappa shape index (κ2) is 6.34. The summed E-state index contributed by atoms with van der Waals surface area (Å²) < 4.78 is 1.48. The lowest BCUT2D eigenvalue weighted by Crippen LogP contribution is -2.12. The van der Waals surface area contributed by atoms with Crippen molar-refractivity contribution in [1.29, 1.82) is 5.26 Å². The summed E-state index contributed by atoms with van der Waals surface area (Å²) in [5.41, 5.74) is 8.51. The van der Waals surface area contributed by atoms with E-state index in [9.17, 15) is 10.4 Å². The molecule has 0 bridgehead atoms. The number of nitrogen functional groups attached to an aromatic ring is 1. The van der Waals surface area contributed by atoms with E-state index in [-0.39, 0.29) is 12.4 Å². The maximum Gasteiger partial charge on any atom is 0.140 e. The summed E-state index contributed by atoms with van der Waals surface area (Å²) in [4.78, 5) is 0. The molecular weight excluding hydrogens is 288 g/mol. The van der Waals surface area contributed by atoms with Crippen LogP contribution < -0.4 is 5.73 Å². The Morgan fingerprint density at radius 2 is 1.70 bits per heavy atom. The molecule has 0 aliphatic rings. The molecule has 0 radical (unpaired) electrons. The summed E-state index contributed by atoms with van der Waals surface area (Å²) in [6, 6.07) is 20.8. The molecule has 5 heteroatoms. The van der Waals surface area contributed by atoms with Gasteiger partial charge in [0.05, 0.1) is 12.6 Å². The van der Waals surface area contributed by atoms with Crippen LogP contribution in [-0.4, -0.2) is 14.9 Å². The Hall–Kier alpha value is -3.10. The number of nitrogens with two attached hydrogens (primary N) is 1. The van der Waals surface area contributed by atoms with Gasteiger partial charge in [-0.15, -0.1) is 0 Å². The van der Waals surface area contributed by atoms with E-state index in [1.165, 1.54) is 4.68 Å². The van der Waals surface area contributed by atoms with Crippen LogP contribution in [0, 0.1) is 11.3 Å². The summed E-state index contributed by atoms with van der Waals surface area (Å²) in [6.45, 7) is 0.192. The van der Waals surface area contributed by atoms with E-state index in [4.69, 9.17) is 5.73 Å². The second-order valence-electron chi connectivity index (χ2n) is 5.20. The van der Waals surface area contributed by atoms with Crippen LogP contribution in [0.3, 0.4) is 0 Å². The quantitative estimate of drug-likeness (QED) is 0.775. The Labute approximate surface area is 134 Å². The zero-order valence-corrected chi connectivity index (χ0v) is 12.4. The Balaban J connectivity index is 1.95. The Kier molecular flexibility index (Phi) is 4.09. The van der Waals surface area contributed by atoms with Gasteiger partial charge in [-0.1, -0.05) is 60.7 Å². The van der Waals surface area contributed by atoms with E-state index in [1.54, 1.807) is 0 Å². The highest BCUT2D eigenvalue weighted by Crippen LogP contribution is 2.27. The van der Waals surface area contributed by atoms with E-state index < -0.39 is 6.10 Å². The highest BCUT2D eigenvalue weighted by Gasteiger charge is 2.19. The largest absolute Gasteiger partial charge is 0.386 e.